The molecule has 0 amide bonds. The van der Waals surface area contributed by atoms with E-state index < -0.39 is 18.0 Å². The van der Waals surface area contributed by atoms with Gasteiger partial charge < -0.3 is 9.67 Å². The number of aromatic nitrogens is 2. The molecule has 2 rings (SSSR count). The first-order chi connectivity index (χ1) is 9.20. The SMILES string of the molecule is Cc1cc(-c2cn(C)c(C(F)(F)F)n2)ccc1C(=O)O. The molecule has 0 spiro atoms. The summed E-state index contributed by atoms with van der Waals surface area (Å²) in [5.74, 6) is -2.07. The molecule has 0 saturated carbocycles. The Hall–Kier alpha value is -2.31. The smallest absolute Gasteiger partial charge is 0.449 e. The second-order valence-electron chi connectivity index (χ2n) is 4.39. The number of nitrogens with zero attached hydrogens (tertiary/aromatic N) is 2. The van der Waals surface area contributed by atoms with Gasteiger partial charge in [0.15, 0.2) is 0 Å². The lowest BCUT2D eigenvalue weighted by Crippen LogP contribution is -2.12. The normalized spacial score (nSPS) is 11.7. The fraction of sp³-hybridized carbons (Fsp3) is 0.231. The van der Waals surface area contributed by atoms with Crippen molar-refractivity contribution in [2.24, 2.45) is 7.05 Å². The van der Waals surface area contributed by atoms with Crippen molar-refractivity contribution in [1.82, 2.24) is 9.55 Å². The molecule has 2 aromatic rings. The van der Waals surface area contributed by atoms with Crippen LogP contribution in [0.4, 0.5) is 13.2 Å². The zero-order chi connectivity index (χ0) is 15.1. The Bertz CT molecular complexity index is 675. The first-order valence-corrected chi connectivity index (χ1v) is 5.65. The van der Waals surface area contributed by atoms with Gasteiger partial charge in [0.1, 0.15) is 0 Å². The predicted molar refractivity (Wildman–Crippen MR) is 65.3 cm³/mol. The van der Waals surface area contributed by atoms with Crippen LogP contribution in [0.2, 0.25) is 0 Å². The first kappa shape index (κ1) is 14.1. The van der Waals surface area contributed by atoms with Crippen LogP contribution in [0.3, 0.4) is 0 Å². The molecule has 1 aromatic heterocycles. The fourth-order valence-electron chi connectivity index (χ4n) is 1.93. The Balaban J connectivity index is 2.48. The van der Waals surface area contributed by atoms with Crippen LogP contribution >= 0.6 is 0 Å². The predicted octanol–water partition coefficient (Wildman–Crippen LogP) is 3.11. The number of carboxylic acid groups (broad SMARTS) is 1. The number of hydrogen-bond acceptors (Lipinski definition) is 2. The topological polar surface area (TPSA) is 55.1 Å². The molecule has 0 bridgehead atoms. The maximum Gasteiger partial charge on any atom is 0.449 e. The number of alkyl halides is 3. The van der Waals surface area contributed by atoms with Gasteiger partial charge in [-0.15, -0.1) is 0 Å². The van der Waals surface area contributed by atoms with Crippen LogP contribution in [0.25, 0.3) is 11.3 Å². The number of carboxylic acids is 1. The summed E-state index contributed by atoms with van der Waals surface area (Å²) in [6, 6.07) is 4.31. The van der Waals surface area contributed by atoms with E-state index in [-0.39, 0.29) is 11.3 Å². The van der Waals surface area contributed by atoms with E-state index in [1.54, 1.807) is 6.92 Å². The van der Waals surface area contributed by atoms with Crippen LogP contribution in [0.1, 0.15) is 21.7 Å². The minimum Gasteiger partial charge on any atom is -0.478 e. The Morgan fingerprint density at radius 3 is 2.45 bits per heavy atom. The molecular formula is C13H11F3N2O2. The third kappa shape index (κ3) is 2.52. The first-order valence-electron chi connectivity index (χ1n) is 5.65. The van der Waals surface area contributed by atoms with Crippen LogP contribution in [0, 0.1) is 6.92 Å². The van der Waals surface area contributed by atoms with E-state index in [0.29, 0.717) is 11.1 Å². The summed E-state index contributed by atoms with van der Waals surface area (Å²) >= 11 is 0. The van der Waals surface area contributed by atoms with E-state index in [1.165, 1.54) is 31.4 Å². The maximum absolute atomic E-state index is 12.7. The molecule has 0 atom stereocenters. The van der Waals surface area contributed by atoms with Gasteiger partial charge in [0, 0.05) is 18.8 Å². The number of benzene rings is 1. The number of carbonyl (C=O) groups is 1. The monoisotopic (exact) mass is 284 g/mol. The summed E-state index contributed by atoms with van der Waals surface area (Å²) in [6.45, 7) is 1.58. The molecule has 4 nitrogen and oxygen atoms in total. The molecule has 106 valence electrons. The Morgan fingerprint density at radius 1 is 1.35 bits per heavy atom. The molecule has 1 aromatic carbocycles. The number of aryl methyl sites for hydroxylation is 2. The van der Waals surface area contributed by atoms with Crippen LogP contribution in [0.15, 0.2) is 24.4 Å². The van der Waals surface area contributed by atoms with Crippen LogP contribution in [0.5, 0.6) is 0 Å². The van der Waals surface area contributed by atoms with Crippen molar-refractivity contribution >= 4 is 5.97 Å². The average molecular weight is 284 g/mol. The minimum atomic E-state index is -4.52. The largest absolute Gasteiger partial charge is 0.478 e. The molecule has 0 aliphatic rings. The van der Waals surface area contributed by atoms with Crippen molar-refractivity contribution < 1.29 is 23.1 Å². The molecule has 0 aliphatic carbocycles. The van der Waals surface area contributed by atoms with Gasteiger partial charge in [-0.25, -0.2) is 9.78 Å². The second kappa shape index (κ2) is 4.66. The van der Waals surface area contributed by atoms with E-state index in [1.807, 2.05) is 0 Å². The van der Waals surface area contributed by atoms with Crippen LogP contribution in [-0.2, 0) is 13.2 Å². The summed E-state index contributed by atoms with van der Waals surface area (Å²) in [5.41, 5.74) is 1.17. The van der Waals surface area contributed by atoms with Crippen LogP contribution < -0.4 is 0 Å². The molecule has 0 radical (unpaired) electrons. The van der Waals surface area contributed by atoms with Gasteiger partial charge in [0.05, 0.1) is 11.3 Å². The number of imidazole rings is 1. The second-order valence-corrected chi connectivity index (χ2v) is 4.39. The summed E-state index contributed by atoms with van der Waals surface area (Å²) in [4.78, 5) is 14.4. The fourth-order valence-corrected chi connectivity index (χ4v) is 1.93. The highest BCUT2D eigenvalue weighted by atomic mass is 19.4. The standard InChI is InChI=1S/C13H11F3N2O2/c1-7-5-8(3-4-9(7)11(19)20)10-6-18(2)12(17-10)13(14,15)16/h3-6H,1-2H3,(H,19,20). The molecule has 0 unspecified atom stereocenters. The summed E-state index contributed by atoms with van der Waals surface area (Å²) in [7, 11) is 1.26. The van der Waals surface area contributed by atoms with Crippen molar-refractivity contribution in [2.45, 2.75) is 13.1 Å². The van der Waals surface area contributed by atoms with Crippen molar-refractivity contribution in [2.75, 3.05) is 0 Å². The van der Waals surface area contributed by atoms with E-state index in [9.17, 15) is 18.0 Å². The molecule has 0 saturated heterocycles. The molecule has 0 aliphatic heterocycles. The third-order valence-electron chi connectivity index (χ3n) is 2.88. The molecular weight excluding hydrogens is 273 g/mol. The van der Waals surface area contributed by atoms with Gasteiger partial charge >= 0.3 is 12.1 Å². The maximum atomic E-state index is 12.7. The Kier molecular flexibility index (Phi) is 3.29. The summed E-state index contributed by atoms with van der Waals surface area (Å²) in [6.07, 6.45) is -3.26. The lowest BCUT2D eigenvalue weighted by atomic mass is 10.0. The van der Waals surface area contributed by atoms with Gasteiger partial charge in [-0.3, -0.25) is 0 Å². The number of hydrogen-bond donors (Lipinski definition) is 1. The van der Waals surface area contributed by atoms with Crippen molar-refractivity contribution in [1.29, 1.82) is 0 Å². The molecule has 1 heterocycles. The van der Waals surface area contributed by atoms with E-state index in [2.05, 4.69) is 4.98 Å². The number of aromatic carboxylic acids is 1. The summed E-state index contributed by atoms with van der Waals surface area (Å²) < 4.78 is 38.9. The zero-order valence-corrected chi connectivity index (χ0v) is 10.7. The summed E-state index contributed by atoms with van der Waals surface area (Å²) in [5, 5.41) is 8.91. The minimum absolute atomic E-state index is 0.112. The highest BCUT2D eigenvalue weighted by Gasteiger charge is 2.36. The van der Waals surface area contributed by atoms with E-state index in [0.717, 1.165) is 4.57 Å². The van der Waals surface area contributed by atoms with Gasteiger partial charge in [-0.1, -0.05) is 6.07 Å². The van der Waals surface area contributed by atoms with Gasteiger partial charge in [-0.05, 0) is 24.6 Å². The van der Waals surface area contributed by atoms with Crippen molar-refractivity contribution in [3.63, 3.8) is 0 Å². The zero-order valence-electron chi connectivity index (χ0n) is 10.7. The van der Waals surface area contributed by atoms with Crippen molar-refractivity contribution in [3.05, 3.63) is 41.3 Å². The lowest BCUT2D eigenvalue weighted by Gasteiger charge is -2.04. The van der Waals surface area contributed by atoms with Crippen molar-refractivity contribution in [3.8, 4) is 11.3 Å². The Morgan fingerprint density at radius 2 is 2.00 bits per heavy atom. The third-order valence-corrected chi connectivity index (χ3v) is 2.88. The molecule has 7 heteroatoms. The number of rotatable bonds is 2. The quantitative estimate of drug-likeness (QED) is 0.921. The van der Waals surface area contributed by atoms with Gasteiger partial charge in [-0.2, -0.15) is 13.2 Å². The molecule has 0 fully saturated rings. The highest BCUT2D eigenvalue weighted by molar-refractivity contribution is 5.90. The Labute approximate surface area is 112 Å². The average Bonchev–Trinajstić information content (AvgIpc) is 2.70. The lowest BCUT2D eigenvalue weighted by molar-refractivity contribution is -0.146. The number of halogens is 3. The van der Waals surface area contributed by atoms with Crippen LogP contribution in [-0.4, -0.2) is 20.6 Å². The highest BCUT2D eigenvalue weighted by Crippen LogP contribution is 2.30. The molecule has 1 N–H and O–H groups in total. The van der Waals surface area contributed by atoms with Gasteiger partial charge in [0.2, 0.25) is 5.82 Å². The van der Waals surface area contributed by atoms with E-state index >= 15 is 0 Å². The van der Waals surface area contributed by atoms with Gasteiger partial charge in [0.25, 0.3) is 0 Å². The van der Waals surface area contributed by atoms with E-state index in [4.69, 9.17) is 5.11 Å². The molecule has 20 heavy (non-hydrogen) atoms.